The lowest BCUT2D eigenvalue weighted by Crippen LogP contribution is -2.59. The molecule has 9 nitrogen and oxygen atoms in total. The highest BCUT2D eigenvalue weighted by molar-refractivity contribution is 5.83. The van der Waals surface area contributed by atoms with Gasteiger partial charge in [0.15, 0.2) is 0 Å². The molecule has 204 valence electrons. The van der Waals surface area contributed by atoms with Crippen molar-refractivity contribution in [1.29, 1.82) is 0 Å². The lowest BCUT2D eigenvalue weighted by atomic mass is 9.90. The molecule has 1 aliphatic carbocycles. The topological polar surface area (TPSA) is 134 Å². The molecule has 0 radical (unpaired) electrons. The van der Waals surface area contributed by atoms with Gasteiger partial charge in [0.2, 0.25) is 11.8 Å². The number of carbonyl (C=O) groups excluding carboxylic acids is 3. The van der Waals surface area contributed by atoms with Crippen LogP contribution in [0.1, 0.15) is 68.9 Å². The second-order valence-corrected chi connectivity index (χ2v) is 11.1. The molecule has 9 heteroatoms. The quantitative estimate of drug-likeness (QED) is 0.356. The summed E-state index contributed by atoms with van der Waals surface area (Å²) in [6.45, 7) is 3.93. The Labute approximate surface area is 220 Å². The van der Waals surface area contributed by atoms with Crippen LogP contribution in [0.25, 0.3) is 0 Å². The minimum absolute atomic E-state index is 0.0720. The van der Waals surface area contributed by atoms with E-state index >= 15 is 0 Å². The van der Waals surface area contributed by atoms with Gasteiger partial charge in [-0.3, -0.25) is 9.59 Å². The largest absolute Gasteiger partial charge is 0.352 e. The highest BCUT2D eigenvalue weighted by Crippen LogP contribution is 2.53. The van der Waals surface area contributed by atoms with Crippen LogP contribution in [0.2, 0.25) is 0 Å². The maximum Gasteiger partial charge on any atom is 0.317 e. The summed E-state index contributed by atoms with van der Waals surface area (Å²) >= 11 is 0. The van der Waals surface area contributed by atoms with Crippen molar-refractivity contribution in [3.63, 3.8) is 0 Å². The highest BCUT2D eigenvalue weighted by Gasteiger charge is 2.45. The van der Waals surface area contributed by atoms with Crippen LogP contribution in [0.15, 0.2) is 24.3 Å². The van der Waals surface area contributed by atoms with Gasteiger partial charge in [0.1, 0.15) is 0 Å². The standard InChI is InChI=1S/C28H44N6O3/c29-14-3-1-2-4-25(35)34-15-9-24(32-27(37)33-16-12-28(10-11-28)13-17-33)23(20-34)26(36)31-19-22-7-5-21(18-30)6-8-22/h5-8,23-24H,1-4,9-20,29-30H2,(H,31,36)(H,32,37)/t23-,24+/m0/s1. The molecule has 3 fully saturated rings. The molecule has 0 unspecified atom stereocenters. The van der Waals surface area contributed by atoms with E-state index in [1.165, 1.54) is 12.8 Å². The molecule has 2 heterocycles. The van der Waals surface area contributed by atoms with Crippen LogP contribution in [0, 0.1) is 11.3 Å². The van der Waals surface area contributed by atoms with E-state index in [0.717, 1.165) is 56.3 Å². The van der Waals surface area contributed by atoms with Gasteiger partial charge < -0.3 is 31.9 Å². The molecule has 1 spiro atoms. The van der Waals surface area contributed by atoms with E-state index in [0.29, 0.717) is 51.0 Å². The fourth-order valence-electron chi connectivity index (χ4n) is 5.60. The number of hydrogen-bond acceptors (Lipinski definition) is 5. The first kappa shape index (κ1) is 27.4. The van der Waals surface area contributed by atoms with Crippen molar-refractivity contribution in [3.05, 3.63) is 35.4 Å². The number of nitrogens with one attached hydrogen (secondary N) is 2. The fraction of sp³-hybridized carbons (Fsp3) is 0.679. The third kappa shape index (κ3) is 7.45. The lowest BCUT2D eigenvalue weighted by Gasteiger charge is -2.40. The molecular weight excluding hydrogens is 468 g/mol. The zero-order chi connectivity index (χ0) is 26.3. The summed E-state index contributed by atoms with van der Waals surface area (Å²) in [5.74, 6) is -0.555. The van der Waals surface area contributed by atoms with Crippen molar-refractivity contribution in [2.75, 3.05) is 32.7 Å². The monoisotopic (exact) mass is 512 g/mol. The van der Waals surface area contributed by atoms with Crippen LogP contribution in [-0.2, 0) is 22.7 Å². The van der Waals surface area contributed by atoms with Gasteiger partial charge in [0, 0.05) is 51.7 Å². The van der Waals surface area contributed by atoms with E-state index in [9.17, 15) is 14.4 Å². The van der Waals surface area contributed by atoms with Crippen LogP contribution >= 0.6 is 0 Å². The maximum absolute atomic E-state index is 13.4. The third-order valence-corrected chi connectivity index (χ3v) is 8.50. The van der Waals surface area contributed by atoms with E-state index in [1.54, 1.807) is 4.90 Å². The Morgan fingerprint density at radius 3 is 2.24 bits per heavy atom. The van der Waals surface area contributed by atoms with Crippen molar-refractivity contribution in [3.8, 4) is 0 Å². The summed E-state index contributed by atoms with van der Waals surface area (Å²) in [7, 11) is 0. The number of piperidine rings is 2. The van der Waals surface area contributed by atoms with Crippen molar-refractivity contribution in [1.82, 2.24) is 20.4 Å². The summed E-state index contributed by atoms with van der Waals surface area (Å²) in [6.07, 6.45) is 8.41. The number of unbranched alkanes of at least 4 members (excludes halogenated alkanes) is 2. The van der Waals surface area contributed by atoms with Crippen LogP contribution < -0.4 is 22.1 Å². The Bertz CT molecular complexity index is 922. The van der Waals surface area contributed by atoms with E-state index in [-0.39, 0.29) is 23.9 Å². The molecule has 0 bridgehead atoms. The van der Waals surface area contributed by atoms with E-state index < -0.39 is 5.92 Å². The van der Waals surface area contributed by atoms with Gasteiger partial charge in [-0.15, -0.1) is 0 Å². The Hall–Kier alpha value is -2.65. The Kier molecular flexibility index (Phi) is 9.43. The second-order valence-electron chi connectivity index (χ2n) is 11.1. The van der Waals surface area contributed by atoms with Gasteiger partial charge >= 0.3 is 6.03 Å². The lowest BCUT2D eigenvalue weighted by molar-refractivity contribution is -0.136. The number of carbonyl (C=O) groups is 3. The third-order valence-electron chi connectivity index (χ3n) is 8.50. The summed E-state index contributed by atoms with van der Waals surface area (Å²) in [5.41, 5.74) is 13.8. The molecule has 1 aromatic rings. The number of amides is 4. The molecule has 3 aliphatic rings. The number of urea groups is 1. The van der Waals surface area contributed by atoms with Crippen molar-refractivity contribution < 1.29 is 14.4 Å². The van der Waals surface area contributed by atoms with Crippen molar-refractivity contribution in [2.24, 2.45) is 22.8 Å². The molecule has 4 rings (SSSR count). The van der Waals surface area contributed by atoms with Gasteiger partial charge in [-0.25, -0.2) is 4.79 Å². The predicted octanol–water partition coefficient (Wildman–Crippen LogP) is 2.08. The minimum atomic E-state index is -0.492. The highest BCUT2D eigenvalue weighted by atomic mass is 16.2. The summed E-state index contributed by atoms with van der Waals surface area (Å²) < 4.78 is 0. The average Bonchev–Trinajstić information content (AvgIpc) is 3.68. The number of nitrogens with two attached hydrogens (primary N) is 2. The zero-order valence-electron chi connectivity index (χ0n) is 22.1. The van der Waals surface area contributed by atoms with Crippen LogP contribution in [0.4, 0.5) is 4.79 Å². The van der Waals surface area contributed by atoms with Gasteiger partial charge in [-0.1, -0.05) is 30.7 Å². The molecule has 0 aromatic heterocycles. The van der Waals surface area contributed by atoms with Gasteiger partial charge in [-0.05, 0) is 68.0 Å². The average molecular weight is 513 g/mol. The molecule has 37 heavy (non-hydrogen) atoms. The summed E-state index contributed by atoms with van der Waals surface area (Å²) in [4.78, 5) is 43.0. The number of benzene rings is 1. The maximum atomic E-state index is 13.4. The van der Waals surface area contributed by atoms with E-state index in [4.69, 9.17) is 11.5 Å². The van der Waals surface area contributed by atoms with Gasteiger partial charge in [-0.2, -0.15) is 0 Å². The number of likely N-dealkylation sites (tertiary alicyclic amines) is 2. The van der Waals surface area contributed by atoms with Gasteiger partial charge in [0.05, 0.1) is 5.92 Å². The zero-order valence-corrected chi connectivity index (χ0v) is 22.1. The Balaban J connectivity index is 1.36. The summed E-state index contributed by atoms with van der Waals surface area (Å²) in [6, 6.07) is 7.45. The number of hydrogen-bond donors (Lipinski definition) is 4. The van der Waals surface area contributed by atoms with Crippen LogP contribution in [0.3, 0.4) is 0 Å². The molecule has 4 amide bonds. The molecule has 2 aliphatic heterocycles. The summed E-state index contributed by atoms with van der Waals surface area (Å²) in [5, 5.41) is 6.20. The number of rotatable bonds is 10. The number of nitrogens with zero attached hydrogens (tertiary/aromatic N) is 2. The Morgan fingerprint density at radius 1 is 0.892 bits per heavy atom. The van der Waals surface area contributed by atoms with Crippen molar-refractivity contribution >= 4 is 17.8 Å². The van der Waals surface area contributed by atoms with Gasteiger partial charge in [0.25, 0.3) is 0 Å². The normalized spacial score (nSPS) is 22.5. The first-order chi connectivity index (χ1) is 17.9. The molecule has 2 atom stereocenters. The van der Waals surface area contributed by atoms with Crippen LogP contribution in [-0.4, -0.2) is 66.4 Å². The first-order valence-corrected chi connectivity index (χ1v) is 14.0. The molecule has 6 N–H and O–H groups in total. The van der Waals surface area contributed by atoms with Crippen molar-refractivity contribution in [2.45, 2.75) is 76.9 Å². The fourth-order valence-corrected chi connectivity index (χ4v) is 5.60. The first-order valence-electron chi connectivity index (χ1n) is 14.0. The van der Waals surface area contributed by atoms with E-state index in [2.05, 4.69) is 10.6 Å². The predicted molar refractivity (Wildman–Crippen MR) is 143 cm³/mol. The smallest absolute Gasteiger partial charge is 0.317 e. The SMILES string of the molecule is NCCCCCC(=O)N1CC[C@@H](NC(=O)N2CCC3(CC2)CC3)[C@@H](C(=O)NCc2ccc(CN)cc2)C1. The molecular formula is C28H44N6O3. The van der Waals surface area contributed by atoms with Crippen LogP contribution in [0.5, 0.6) is 0 Å². The molecule has 2 saturated heterocycles. The Morgan fingerprint density at radius 2 is 1.59 bits per heavy atom. The minimum Gasteiger partial charge on any atom is -0.352 e. The molecule has 1 aromatic carbocycles. The second kappa shape index (κ2) is 12.7. The molecule has 1 saturated carbocycles. The van der Waals surface area contributed by atoms with E-state index in [1.807, 2.05) is 29.2 Å².